The molecule has 1 unspecified atom stereocenters. The highest BCUT2D eigenvalue weighted by Crippen LogP contribution is 2.18. The van der Waals surface area contributed by atoms with Crippen LogP contribution in [-0.4, -0.2) is 38.6 Å². The van der Waals surface area contributed by atoms with Crippen molar-refractivity contribution < 1.29 is 0 Å². The SMILES string of the molecule is CNC(Cc1c(C)cc(C)cc1C)CN(C)C. The van der Waals surface area contributed by atoms with Gasteiger partial charge in [-0.3, -0.25) is 0 Å². The summed E-state index contributed by atoms with van der Waals surface area (Å²) in [6, 6.07) is 5.08. The third kappa shape index (κ3) is 4.14. The van der Waals surface area contributed by atoms with Crippen molar-refractivity contribution in [1.29, 1.82) is 0 Å². The summed E-state index contributed by atoms with van der Waals surface area (Å²) in [4.78, 5) is 2.24. The van der Waals surface area contributed by atoms with Crippen LogP contribution < -0.4 is 5.32 Å². The maximum Gasteiger partial charge on any atom is 0.0232 e. The summed E-state index contributed by atoms with van der Waals surface area (Å²) in [6.45, 7) is 7.68. The van der Waals surface area contributed by atoms with Gasteiger partial charge in [0.05, 0.1) is 0 Å². The molecule has 0 radical (unpaired) electrons. The van der Waals surface area contributed by atoms with Gasteiger partial charge >= 0.3 is 0 Å². The van der Waals surface area contributed by atoms with E-state index in [0.717, 1.165) is 13.0 Å². The van der Waals surface area contributed by atoms with Crippen LogP contribution >= 0.6 is 0 Å². The summed E-state index contributed by atoms with van der Waals surface area (Å²) in [6.07, 6.45) is 1.10. The van der Waals surface area contributed by atoms with Crippen LogP contribution in [0.4, 0.5) is 0 Å². The Morgan fingerprint density at radius 1 is 1.12 bits per heavy atom. The second-order valence-corrected chi connectivity index (χ2v) is 5.33. The zero-order valence-corrected chi connectivity index (χ0v) is 12.1. The van der Waals surface area contributed by atoms with Crippen molar-refractivity contribution in [2.24, 2.45) is 0 Å². The van der Waals surface area contributed by atoms with E-state index in [2.05, 4.69) is 57.2 Å². The Hall–Kier alpha value is -0.860. The topological polar surface area (TPSA) is 15.3 Å². The molecule has 96 valence electrons. The summed E-state index contributed by atoms with van der Waals surface area (Å²) in [7, 11) is 6.30. The van der Waals surface area contributed by atoms with Crippen LogP contribution in [0.15, 0.2) is 12.1 Å². The predicted molar refractivity (Wildman–Crippen MR) is 75.8 cm³/mol. The van der Waals surface area contributed by atoms with E-state index in [-0.39, 0.29) is 0 Å². The summed E-state index contributed by atoms with van der Waals surface area (Å²) >= 11 is 0. The van der Waals surface area contributed by atoms with Crippen molar-refractivity contribution in [3.8, 4) is 0 Å². The molecular formula is C15H26N2. The maximum absolute atomic E-state index is 3.41. The van der Waals surface area contributed by atoms with Gasteiger partial charge in [0, 0.05) is 12.6 Å². The molecule has 2 heteroatoms. The number of benzene rings is 1. The molecule has 1 N–H and O–H groups in total. The lowest BCUT2D eigenvalue weighted by Crippen LogP contribution is -2.38. The molecular weight excluding hydrogens is 208 g/mol. The zero-order chi connectivity index (χ0) is 13.0. The van der Waals surface area contributed by atoms with Crippen molar-refractivity contribution in [1.82, 2.24) is 10.2 Å². The lowest BCUT2D eigenvalue weighted by atomic mass is 9.94. The minimum absolute atomic E-state index is 0.519. The molecule has 0 bridgehead atoms. The van der Waals surface area contributed by atoms with Gasteiger partial charge in [0.2, 0.25) is 0 Å². The average Bonchev–Trinajstić information content (AvgIpc) is 2.20. The molecule has 0 saturated heterocycles. The molecule has 1 aromatic carbocycles. The van der Waals surface area contributed by atoms with Crippen LogP contribution in [0.3, 0.4) is 0 Å². The number of nitrogens with zero attached hydrogens (tertiary/aromatic N) is 1. The number of hydrogen-bond donors (Lipinski definition) is 1. The van der Waals surface area contributed by atoms with E-state index in [1.807, 2.05) is 7.05 Å². The van der Waals surface area contributed by atoms with Crippen LogP contribution in [0, 0.1) is 20.8 Å². The Morgan fingerprint density at radius 2 is 1.65 bits per heavy atom. The normalized spacial score (nSPS) is 13.1. The molecule has 0 aliphatic heterocycles. The fraction of sp³-hybridized carbons (Fsp3) is 0.600. The molecule has 1 atom stereocenters. The van der Waals surface area contributed by atoms with Crippen molar-refractivity contribution in [3.63, 3.8) is 0 Å². The molecule has 0 aromatic heterocycles. The first-order chi connectivity index (χ1) is 7.93. The standard InChI is InChI=1S/C15H26N2/c1-11-7-12(2)15(13(3)8-11)9-14(16-4)10-17(5)6/h7-8,14,16H,9-10H2,1-6H3. The van der Waals surface area contributed by atoms with Gasteiger partial charge < -0.3 is 10.2 Å². The van der Waals surface area contributed by atoms with E-state index in [1.165, 1.54) is 22.3 Å². The molecule has 0 aliphatic carbocycles. The molecule has 0 saturated carbocycles. The average molecular weight is 234 g/mol. The second-order valence-electron chi connectivity index (χ2n) is 5.33. The quantitative estimate of drug-likeness (QED) is 0.841. The van der Waals surface area contributed by atoms with E-state index >= 15 is 0 Å². The molecule has 2 nitrogen and oxygen atoms in total. The maximum atomic E-state index is 3.41. The number of aryl methyl sites for hydroxylation is 3. The van der Waals surface area contributed by atoms with Gasteiger partial charge in [-0.1, -0.05) is 17.7 Å². The van der Waals surface area contributed by atoms with Crippen LogP contribution in [0.2, 0.25) is 0 Å². The summed E-state index contributed by atoms with van der Waals surface area (Å²) in [5.74, 6) is 0. The van der Waals surface area contributed by atoms with Crippen molar-refractivity contribution in [3.05, 3.63) is 34.4 Å². The van der Waals surface area contributed by atoms with Crippen molar-refractivity contribution in [2.45, 2.75) is 33.2 Å². The van der Waals surface area contributed by atoms with Crippen molar-refractivity contribution >= 4 is 0 Å². The molecule has 0 heterocycles. The first kappa shape index (κ1) is 14.2. The highest BCUT2D eigenvalue weighted by atomic mass is 15.1. The van der Waals surface area contributed by atoms with Crippen LogP contribution in [-0.2, 0) is 6.42 Å². The Morgan fingerprint density at radius 3 is 2.06 bits per heavy atom. The molecule has 17 heavy (non-hydrogen) atoms. The molecule has 0 spiro atoms. The highest BCUT2D eigenvalue weighted by molar-refractivity contribution is 5.38. The van der Waals surface area contributed by atoms with E-state index in [4.69, 9.17) is 0 Å². The molecule has 1 rings (SSSR count). The van der Waals surface area contributed by atoms with Gasteiger partial charge in [-0.05, 0) is 65.0 Å². The fourth-order valence-electron chi connectivity index (χ4n) is 2.48. The number of rotatable bonds is 5. The first-order valence-electron chi connectivity index (χ1n) is 6.32. The highest BCUT2D eigenvalue weighted by Gasteiger charge is 2.12. The largest absolute Gasteiger partial charge is 0.315 e. The lowest BCUT2D eigenvalue weighted by molar-refractivity contribution is 0.346. The van der Waals surface area contributed by atoms with Gasteiger partial charge in [-0.2, -0.15) is 0 Å². The lowest BCUT2D eigenvalue weighted by Gasteiger charge is -2.22. The van der Waals surface area contributed by atoms with Crippen LogP contribution in [0.5, 0.6) is 0 Å². The number of hydrogen-bond acceptors (Lipinski definition) is 2. The van der Waals surface area contributed by atoms with Gasteiger partial charge in [-0.15, -0.1) is 0 Å². The van der Waals surface area contributed by atoms with Gasteiger partial charge in [0.1, 0.15) is 0 Å². The monoisotopic (exact) mass is 234 g/mol. The minimum atomic E-state index is 0.519. The Kier molecular flexibility index (Phi) is 5.16. The third-order valence-corrected chi connectivity index (χ3v) is 3.28. The number of nitrogens with one attached hydrogen (secondary N) is 1. The summed E-state index contributed by atoms with van der Waals surface area (Å²) < 4.78 is 0. The van der Waals surface area contributed by atoms with E-state index < -0.39 is 0 Å². The van der Waals surface area contributed by atoms with Gasteiger partial charge in [-0.25, -0.2) is 0 Å². The van der Waals surface area contributed by atoms with Crippen molar-refractivity contribution in [2.75, 3.05) is 27.7 Å². The van der Waals surface area contributed by atoms with Crippen LogP contribution in [0.1, 0.15) is 22.3 Å². The van der Waals surface area contributed by atoms with Gasteiger partial charge in [0.15, 0.2) is 0 Å². The zero-order valence-electron chi connectivity index (χ0n) is 12.1. The molecule has 1 aromatic rings. The minimum Gasteiger partial charge on any atom is -0.315 e. The smallest absolute Gasteiger partial charge is 0.0232 e. The Balaban J connectivity index is 2.86. The molecule has 0 aliphatic rings. The van der Waals surface area contributed by atoms with Crippen LogP contribution in [0.25, 0.3) is 0 Å². The molecule has 0 amide bonds. The third-order valence-electron chi connectivity index (χ3n) is 3.28. The van der Waals surface area contributed by atoms with E-state index in [1.54, 1.807) is 0 Å². The Bertz CT molecular complexity index is 346. The summed E-state index contributed by atoms with van der Waals surface area (Å²) in [5, 5.41) is 3.41. The first-order valence-corrected chi connectivity index (χ1v) is 6.32. The van der Waals surface area contributed by atoms with Gasteiger partial charge in [0.25, 0.3) is 0 Å². The number of likely N-dealkylation sites (N-methyl/N-ethyl adjacent to an activating group) is 2. The van der Waals surface area contributed by atoms with E-state index in [0.29, 0.717) is 6.04 Å². The fourth-order valence-corrected chi connectivity index (χ4v) is 2.48. The molecule has 0 fully saturated rings. The summed E-state index contributed by atoms with van der Waals surface area (Å²) in [5.41, 5.74) is 5.69. The second kappa shape index (κ2) is 6.18. The van der Waals surface area contributed by atoms with E-state index in [9.17, 15) is 0 Å². The Labute approximate surface area is 106 Å². The predicted octanol–water partition coefficient (Wildman–Crippen LogP) is 2.30.